The van der Waals surface area contributed by atoms with E-state index in [0.717, 1.165) is 18.8 Å². The van der Waals surface area contributed by atoms with Crippen LogP contribution in [0.15, 0.2) is 66.2 Å². The molecule has 0 aliphatic carbocycles. The topological polar surface area (TPSA) is 88.5 Å². The third kappa shape index (κ3) is 5.12. The van der Waals surface area contributed by atoms with Crippen molar-refractivity contribution in [1.82, 2.24) is 0 Å². The van der Waals surface area contributed by atoms with Crippen molar-refractivity contribution in [2.75, 3.05) is 44.2 Å². The number of aliphatic hydroxyl groups excluding tert-OH is 1. The van der Waals surface area contributed by atoms with Crippen LogP contribution in [0.25, 0.3) is 5.76 Å². The highest BCUT2D eigenvalue weighted by Gasteiger charge is 2.47. The van der Waals surface area contributed by atoms with Crippen LogP contribution in [0.3, 0.4) is 0 Å². The van der Waals surface area contributed by atoms with Crippen molar-refractivity contribution in [3.05, 3.63) is 82.4 Å². The molecular formula is C30H31ClN2O6. The lowest BCUT2D eigenvalue weighted by Crippen LogP contribution is -2.29. The zero-order chi connectivity index (χ0) is 28.3. The molecule has 3 aromatic carbocycles. The maximum Gasteiger partial charge on any atom is 0.300 e. The van der Waals surface area contributed by atoms with Gasteiger partial charge in [0.1, 0.15) is 23.0 Å². The number of benzene rings is 3. The van der Waals surface area contributed by atoms with E-state index in [1.54, 1.807) is 43.5 Å². The maximum absolute atomic E-state index is 13.5. The Hall–Kier alpha value is -4.17. The predicted molar refractivity (Wildman–Crippen MR) is 152 cm³/mol. The average molecular weight is 551 g/mol. The van der Waals surface area contributed by atoms with Crippen LogP contribution in [-0.4, -0.2) is 51.2 Å². The lowest BCUT2D eigenvalue weighted by Gasteiger charge is -2.27. The Morgan fingerprint density at radius 1 is 0.897 bits per heavy atom. The first kappa shape index (κ1) is 27.9. The molecule has 1 heterocycles. The number of aliphatic hydroxyl groups is 1. The molecule has 8 nitrogen and oxygen atoms in total. The minimum absolute atomic E-state index is 0.0856. The summed E-state index contributed by atoms with van der Waals surface area (Å²) in [6.45, 7) is 5.80. The first-order chi connectivity index (χ1) is 18.8. The van der Waals surface area contributed by atoms with Gasteiger partial charge in [-0.25, -0.2) is 0 Å². The Morgan fingerprint density at radius 2 is 1.51 bits per heavy atom. The van der Waals surface area contributed by atoms with Crippen molar-refractivity contribution in [2.24, 2.45) is 0 Å². The minimum atomic E-state index is -0.916. The molecule has 204 valence electrons. The molecule has 1 saturated heterocycles. The Balaban J connectivity index is 1.92. The maximum atomic E-state index is 13.5. The van der Waals surface area contributed by atoms with Gasteiger partial charge in [-0.3, -0.25) is 14.5 Å². The zero-order valence-corrected chi connectivity index (χ0v) is 23.3. The zero-order valence-electron chi connectivity index (χ0n) is 22.5. The number of ether oxygens (including phenoxy) is 3. The molecule has 1 amide bonds. The van der Waals surface area contributed by atoms with Gasteiger partial charge in [-0.1, -0.05) is 23.7 Å². The fourth-order valence-corrected chi connectivity index (χ4v) is 5.04. The highest BCUT2D eigenvalue weighted by Crippen LogP contribution is 2.45. The Bertz CT molecular complexity index is 1400. The van der Waals surface area contributed by atoms with Gasteiger partial charge >= 0.3 is 0 Å². The van der Waals surface area contributed by atoms with E-state index >= 15 is 0 Å². The summed E-state index contributed by atoms with van der Waals surface area (Å²) in [4.78, 5) is 30.7. The second-order valence-electron chi connectivity index (χ2n) is 8.82. The molecule has 1 aliphatic heterocycles. The number of ketones is 1. The molecule has 1 N–H and O–H groups in total. The van der Waals surface area contributed by atoms with E-state index in [4.69, 9.17) is 25.8 Å². The number of halogens is 1. The molecular weight excluding hydrogens is 520 g/mol. The van der Waals surface area contributed by atoms with Gasteiger partial charge in [0.25, 0.3) is 11.7 Å². The molecule has 0 radical (unpaired) electrons. The van der Waals surface area contributed by atoms with Crippen molar-refractivity contribution in [3.63, 3.8) is 0 Å². The first-order valence-corrected chi connectivity index (χ1v) is 12.9. The molecule has 1 unspecified atom stereocenters. The summed E-state index contributed by atoms with van der Waals surface area (Å²) in [6.07, 6.45) is 0. The predicted octanol–water partition coefficient (Wildman–Crippen LogP) is 5.84. The number of amides is 1. The van der Waals surface area contributed by atoms with E-state index in [9.17, 15) is 14.7 Å². The van der Waals surface area contributed by atoms with Gasteiger partial charge in [0.2, 0.25) is 0 Å². The molecule has 1 aliphatic rings. The van der Waals surface area contributed by atoms with E-state index in [-0.39, 0.29) is 21.9 Å². The van der Waals surface area contributed by atoms with Crippen LogP contribution in [0.1, 0.15) is 31.0 Å². The normalized spacial score (nSPS) is 16.4. The van der Waals surface area contributed by atoms with Crippen molar-refractivity contribution < 1.29 is 28.9 Å². The summed E-state index contributed by atoms with van der Waals surface area (Å²) in [6, 6.07) is 16.5. The molecule has 4 rings (SSSR count). The van der Waals surface area contributed by atoms with Crippen molar-refractivity contribution in [2.45, 2.75) is 19.9 Å². The van der Waals surface area contributed by atoms with E-state index < -0.39 is 23.5 Å². The first-order valence-electron chi connectivity index (χ1n) is 12.5. The van der Waals surface area contributed by atoms with Crippen molar-refractivity contribution >= 4 is 40.4 Å². The summed E-state index contributed by atoms with van der Waals surface area (Å²) in [5.74, 6) is -0.801. The number of hydrogen-bond donors (Lipinski definition) is 1. The molecule has 0 aromatic heterocycles. The fraction of sp³-hybridized carbons (Fsp3) is 0.267. The molecule has 0 spiro atoms. The third-order valence-corrected chi connectivity index (χ3v) is 7.16. The van der Waals surface area contributed by atoms with Gasteiger partial charge in [0, 0.05) is 30.5 Å². The highest BCUT2D eigenvalue weighted by atomic mass is 35.5. The van der Waals surface area contributed by atoms with Crippen LogP contribution in [-0.2, 0) is 9.59 Å². The van der Waals surface area contributed by atoms with Crippen LogP contribution in [0.4, 0.5) is 11.4 Å². The van der Waals surface area contributed by atoms with Crippen LogP contribution >= 0.6 is 11.6 Å². The van der Waals surface area contributed by atoms with Gasteiger partial charge in [0.15, 0.2) is 0 Å². The second kappa shape index (κ2) is 11.7. The Labute approximate surface area is 233 Å². The lowest BCUT2D eigenvalue weighted by atomic mass is 9.94. The molecule has 0 saturated carbocycles. The number of rotatable bonds is 9. The van der Waals surface area contributed by atoms with Gasteiger partial charge < -0.3 is 24.2 Å². The van der Waals surface area contributed by atoms with Crippen molar-refractivity contribution in [3.8, 4) is 17.2 Å². The lowest BCUT2D eigenvalue weighted by molar-refractivity contribution is -0.132. The molecule has 3 aromatic rings. The van der Waals surface area contributed by atoms with Gasteiger partial charge in [-0.2, -0.15) is 0 Å². The van der Waals surface area contributed by atoms with E-state index in [0.29, 0.717) is 22.7 Å². The van der Waals surface area contributed by atoms with Gasteiger partial charge in [0.05, 0.1) is 43.5 Å². The Morgan fingerprint density at radius 3 is 2.05 bits per heavy atom. The number of anilines is 2. The summed E-state index contributed by atoms with van der Waals surface area (Å²) < 4.78 is 16.0. The third-order valence-electron chi connectivity index (χ3n) is 6.86. The van der Waals surface area contributed by atoms with Crippen molar-refractivity contribution in [1.29, 1.82) is 0 Å². The number of carbonyl (C=O) groups is 2. The number of methoxy groups -OCH3 is 3. The SMILES string of the molecule is CCN(CC)c1ccc(N2C(=O)C(=O)/C(=C(/O)c3cc(Cl)c(OC)cc3OC)C2c2ccc(OC)cc2)cc1. The number of nitrogens with zero attached hydrogens (tertiary/aromatic N) is 2. The van der Waals surface area contributed by atoms with Crippen LogP contribution in [0.5, 0.6) is 17.2 Å². The standard InChI is InChI=1S/C30H31ClN2O6/c1-6-32(7-2)19-10-12-20(13-11-19)33-27(18-8-14-21(37-3)15-9-18)26(29(35)30(33)36)28(34)22-16-23(31)25(39-5)17-24(22)38-4/h8-17,27,34H,6-7H2,1-5H3/b28-26+. The second-order valence-corrected chi connectivity index (χ2v) is 9.23. The molecule has 9 heteroatoms. The van der Waals surface area contributed by atoms with Crippen LogP contribution < -0.4 is 24.0 Å². The van der Waals surface area contributed by atoms with Crippen LogP contribution in [0.2, 0.25) is 5.02 Å². The molecule has 0 bridgehead atoms. The molecule has 1 atom stereocenters. The number of hydrogen-bond acceptors (Lipinski definition) is 7. The monoisotopic (exact) mass is 550 g/mol. The minimum Gasteiger partial charge on any atom is -0.507 e. The van der Waals surface area contributed by atoms with E-state index in [1.165, 1.54) is 31.3 Å². The quantitative estimate of drug-likeness (QED) is 0.203. The Kier molecular flexibility index (Phi) is 8.35. The summed E-state index contributed by atoms with van der Waals surface area (Å²) in [7, 11) is 4.44. The highest BCUT2D eigenvalue weighted by molar-refractivity contribution is 6.51. The van der Waals surface area contributed by atoms with Gasteiger partial charge in [-0.05, 0) is 61.9 Å². The van der Waals surface area contributed by atoms with E-state index in [2.05, 4.69) is 18.7 Å². The average Bonchev–Trinajstić information content (AvgIpc) is 3.23. The molecule has 39 heavy (non-hydrogen) atoms. The summed E-state index contributed by atoms with van der Waals surface area (Å²) in [5.41, 5.74) is 2.21. The summed E-state index contributed by atoms with van der Waals surface area (Å²) >= 11 is 6.36. The van der Waals surface area contributed by atoms with E-state index in [1.807, 2.05) is 12.1 Å². The number of carbonyl (C=O) groups excluding carboxylic acids is 2. The van der Waals surface area contributed by atoms with Gasteiger partial charge in [-0.15, -0.1) is 0 Å². The number of Topliss-reactive ketones (excluding diaryl/α,β-unsaturated/α-hetero) is 1. The molecule has 1 fully saturated rings. The van der Waals surface area contributed by atoms with Crippen LogP contribution in [0, 0.1) is 0 Å². The largest absolute Gasteiger partial charge is 0.507 e. The summed E-state index contributed by atoms with van der Waals surface area (Å²) in [5, 5.41) is 11.8. The fourth-order valence-electron chi connectivity index (χ4n) is 4.80. The smallest absolute Gasteiger partial charge is 0.300 e.